The van der Waals surface area contributed by atoms with Gasteiger partial charge in [0.05, 0.1) is 12.6 Å². The van der Waals surface area contributed by atoms with Crippen LogP contribution in [0.5, 0.6) is 0 Å². The topological polar surface area (TPSA) is 102 Å². The Kier molecular flexibility index (Phi) is 2.71. The van der Waals surface area contributed by atoms with Crippen molar-refractivity contribution in [3.05, 3.63) is 23.2 Å². The van der Waals surface area contributed by atoms with Crippen LogP contribution in [0.2, 0.25) is 0 Å². The lowest BCUT2D eigenvalue weighted by Gasteiger charge is -2.25. The van der Waals surface area contributed by atoms with Crippen molar-refractivity contribution in [2.75, 3.05) is 12.4 Å². The van der Waals surface area contributed by atoms with E-state index in [2.05, 4.69) is 10.2 Å². The fraction of sp³-hybridized carbons (Fsp3) is 0.455. The minimum absolute atomic E-state index is 0.108. The molecule has 21 heavy (non-hydrogen) atoms. The number of carbonyl (C=O) groups excluding carboxylic acids is 1. The van der Waals surface area contributed by atoms with Gasteiger partial charge in [0.25, 0.3) is 5.95 Å². The van der Waals surface area contributed by atoms with Crippen LogP contribution in [0.3, 0.4) is 0 Å². The average molecular weight is 308 g/mol. The van der Waals surface area contributed by atoms with Crippen LogP contribution < -0.4 is 5.84 Å². The van der Waals surface area contributed by atoms with E-state index in [1.807, 2.05) is 0 Å². The van der Waals surface area contributed by atoms with Crippen molar-refractivity contribution in [1.82, 2.24) is 24.2 Å². The SMILES string of the molecule is Nn1c(-n2cccn2)nn([C@@H]2CC(=O)[C@@H]3OC[C@H]2O3)c1=S. The summed E-state index contributed by atoms with van der Waals surface area (Å²) in [4.78, 5) is 11.9. The van der Waals surface area contributed by atoms with Gasteiger partial charge in [-0.3, -0.25) is 4.79 Å². The lowest BCUT2D eigenvalue weighted by molar-refractivity contribution is -0.156. The van der Waals surface area contributed by atoms with Crippen LogP contribution >= 0.6 is 12.2 Å². The standard InChI is InChI=1S/C11H12N6O3S/c12-16-10(15-3-1-2-13-15)14-17(11(16)21)6-4-7(18)9-19-5-8(6)20-9/h1-3,6,8-9H,4-5,12H2/t6-,8-,9-/m1/s1. The van der Waals surface area contributed by atoms with Crippen LogP contribution in [0.4, 0.5) is 0 Å². The molecule has 2 aliphatic rings. The molecule has 0 aromatic carbocycles. The van der Waals surface area contributed by atoms with Gasteiger partial charge in [-0.15, -0.1) is 5.10 Å². The van der Waals surface area contributed by atoms with E-state index in [0.29, 0.717) is 17.3 Å². The Hall–Kier alpha value is -2.04. The minimum Gasteiger partial charge on any atom is -0.343 e. The van der Waals surface area contributed by atoms with Crippen molar-refractivity contribution in [1.29, 1.82) is 0 Å². The first kappa shape index (κ1) is 12.7. The van der Waals surface area contributed by atoms with Crippen molar-refractivity contribution in [2.45, 2.75) is 24.9 Å². The lowest BCUT2D eigenvalue weighted by Crippen LogP contribution is -2.37. The Bertz CT molecular complexity index is 751. The molecule has 2 aromatic rings. The fourth-order valence-electron chi connectivity index (χ4n) is 2.61. The summed E-state index contributed by atoms with van der Waals surface area (Å²) in [5, 5.41) is 8.47. The number of aromatic nitrogens is 5. The summed E-state index contributed by atoms with van der Waals surface area (Å²) in [7, 11) is 0. The van der Waals surface area contributed by atoms with Crippen molar-refractivity contribution >= 4 is 18.0 Å². The highest BCUT2D eigenvalue weighted by molar-refractivity contribution is 7.71. The normalized spacial score (nSPS) is 28.2. The van der Waals surface area contributed by atoms with Crippen LogP contribution in [-0.2, 0) is 14.3 Å². The van der Waals surface area contributed by atoms with Gasteiger partial charge >= 0.3 is 0 Å². The Balaban J connectivity index is 1.77. The molecule has 110 valence electrons. The molecule has 2 aliphatic heterocycles. The summed E-state index contributed by atoms with van der Waals surface area (Å²) in [6, 6.07) is 1.44. The van der Waals surface area contributed by atoms with Crippen LogP contribution in [0.1, 0.15) is 12.5 Å². The Morgan fingerprint density at radius 3 is 3.10 bits per heavy atom. The zero-order chi connectivity index (χ0) is 14.6. The van der Waals surface area contributed by atoms with Crippen molar-refractivity contribution in [3.8, 4) is 5.95 Å². The molecule has 2 aromatic heterocycles. The second-order valence-corrected chi connectivity index (χ2v) is 5.29. The predicted octanol–water partition coefficient (Wildman–Crippen LogP) is -0.431. The van der Waals surface area contributed by atoms with Gasteiger partial charge < -0.3 is 15.3 Å². The molecular weight excluding hydrogens is 296 g/mol. The van der Waals surface area contributed by atoms with Gasteiger partial charge in [-0.05, 0) is 18.3 Å². The first-order valence-corrected chi connectivity index (χ1v) is 6.82. The summed E-state index contributed by atoms with van der Waals surface area (Å²) in [6.45, 7) is 0.345. The zero-order valence-electron chi connectivity index (χ0n) is 10.8. The number of fused-ring (bicyclic) bond motifs is 2. The minimum atomic E-state index is -0.744. The highest BCUT2D eigenvalue weighted by Crippen LogP contribution is 2.32. The van der Waals surface area contributed by atoms with Gasteiger partial charge in [-0.25, -0.2) is 9.36 Å². The van der Waals surface area contributed by atoms with E-state index in [1.54, 1.807) is 23.1 Å². The molecule has 0 aliphatic carbocycles. The first-order valence-electron chi connectivity index (χ1n) is 6.41. The van der Waals surface area contributed by atoms with Gasteiger partial charge in [-0.2, -0.15) is 9.77 Å². The molecule has 4 heterocycles. The van der Waals surface area contributed by atoms with E-state index in [4.69, 9.17) is 27.5 Å². The van der Waals surface area contributed by atoms with E-state index in [9.17, 15) is 4.79 Å². The van der Waals surface area contributed by atoms with Gasteiger partial charge in [0.2, 0.25) is 11.1 Å². The summed E-state index contributed by atoms with van der Waals surface area (Å²) < 4.78 is 15.4. The van der Waals surface area contributed by atoms with Gasteiger partial charge in [0.15, 0.2) is 5.78 Å². The average Bonchev–Trinajstić information content (AvgIpc) is 3.18. The molecule has 0 saturated carbocycles. The van der Waals surface area contributed by atoms with Crippen molar-refractivity contribution < 1.29 is 14.3 Å². The molecule has 2 bridgehead atoms. The highest BCUT2D eigenvalue weighted by atomic mass is 32.1. The number of nitrogens with zero attached hydrogens (tertiary/aromatic N) is 5. The second-order valence-electron chi connectivity index (χ2n) is 4.93. The lowest BCUT2D eigenvalue weighted by atomic mass is 10.0. The third-order valence-electron chi connectivity index (χ3n) is 3.65. The Labute approximate surface area is 123 Å². The number of Topliss-reactive ketones (excluding diaryl/α,β-unsaturated/α-hetero) is 1. The third kappa shape index (κ3) is 1.83. The maximum absolute atomic E-state index is 11.9. The monoisotopic (exact) mass is 308 g/mol. The van der Waals surface area contributed by atoms with Crippen molar-refractivity contribution in [2.24, 2.45) is 0 Å². The summed E-state index contributed by atoms with van der Waals surface area (Å²) in [5.74, 6) is 6.21. The van der Waals surface area contributed by atoms with Crippen LogP contribution in [0, 0.1) is 4.77 Å². The summed E-state index contributed by atoms with van der Waals surface area (Å²) >= 11 is 5.31. The molecular formula is C11H12N6O3S. The van der Waals surface area contributed by atoms with E-state index < -0.39 is 6.29 Å². The maximum Gasteiger partial charge on any atom is 0.269 e. The third-order valence-corrected chi connectivity index (χ3v) is 4.03. The Morgan fingerprint density at radius 2 is 2.33 bits per heavy atom. The van der Waals surface area contributed by atoms with E-state index in [-0.39, 0.29) is 24.3 Å². The first-order chi connectivity index (χ1) is 10.1. The quantitative estimate of drug-likeness (QED) is 0.593. The molecule has 0 spiro atoms. The molecule has 2 fully saturated rings. The second kappa shape index (κ2) is 4.48. The molecule has 2 N–H and O–H groups in total. The number of hydrogen-bond acceptors (Lipinski definition) is 7. The molecule has 10 heteroatoms. The highest BCUT2D eigenvalue weighted by Gasteiger charge is 2.45. The number of nitrogen functional groups attached to an aromatic ring is 1. The summed E-state index contributed by atoms with van der Waals surface area (Å²) in [5.41, 5.74) is 0. The predicted molar refractivity (Wildman–Crippen MR) is 71.6 cm³/mol. The van der Waals surface area contributed by atoms with Crippen LogP contribution in [0.25, 0.3) is 5.95 Å². The smallest absolute Gasteiger partial charge is 0.269 e. The molecule has 9 nitrogen and oxygen atoms in total. The number of hydrogen-bond donors (Lipinski definition) is 1. The van der Waals surface area contributed by atoms with Crippen molar-refractivity contribution in [3.63, 3.8) is 0 Å². The molecule has 4 rings (SSSR count). The van der Waals surface area contributed by atoms with Crippen LogP contribution in [-0.4, -0.2) is 49.0 Å². The van der Waals surface area contributed by atoms with E-state index >= 15 is 0 Å². The molecule has 2 saturated heterocycles. The maximum atomic E-state index is 11.9. The largest absolute Gasteiger partial charge is 0.343 e. The number of ether oxygens (including phenoxy) is 2. The molecule has 3 atom stereocenters. The van der Waals surface area contributed by atoms with Gasteiger partial charge in [0, 0.05) is 18.8 Å². The number of ketones is 1. The van der Waals surface area contributed by atoms with E-state index in [1.165, 1.54) is 9.36 Å². The number of rotatable bonds is 2. The van der Waals surface area contributed by atoms with E-state index in [0.717, 1.165) is 0 Å². The fourth-order valence-corrected chi connectivity index (χ4v) is 2.87. The van der Waals surface area contributed by atoms with Gasteiger partial charge in [-0.1, -0.05) is 0 Å². The molecule has 0 amide bonds. The zero-order valence-corrected chi connectivity index (χ0v) is 11.6. The number of carbonyl (C=O) groups is 1. The molecule has 0 unspecified atom stereocenters. The van der Waals surface area contributed by atoms with Gasteiger partial charge in [0.1, 0.15) is 6.10 Å². The van der Waals surface area contributed by atoms with Crippen LogP contribution in [0.15, 0.2) is 18.5 Å². The Morgan fingerprint density at radius 1 is 1.48 bits per heavy atom. The number of nitrogens with two attached hydrogens (primary N) is 1. The molecule has 0 radical (unpaired) electrons. The summed E-state index contributed by atoms with van der Waals surface area (Å²) in [6.07, 6.45) is 2.59.